The molecule has 40 heavy (non-hydrogen) atoms. The lowest BCUT2D eigenvalue weighted by atomic mass is 10.0. The van der Waals surface area contributed by atoms with Gasteiger partial charge in [0.1, 0.15) is 23.9 Å². The Labute approximate surface area is 224 Å². The van der Waals surface area contributed by atoms with Gasteiger partial charge in [-0.3, -0.25) is 4.57 Å². The Morgan fingerprint density at radius 3 is 2.50 bits per heavy atom. The molecule has 7 nitrogen and oxygen atoms in total. The first-order valence-corrected chi connectivity index (χ1v) is 12.3. The molecule has 0 fully saturated rings. The number of halogens is 5. The maximum Gasteiger partial charge on any atom is 0.433 e. The first-order valence-electron chi connectivity index (χ1n) is 12.3. The van der Waals surface area contributed by atoms with Gasteiger partial charge in [-0.05, 0) is 49.7 Å². The summed E-state index contributed by atoms with van der Waals surface area (Å²) in [5, 5.41) is 0.397. The van der Waals surface area contributed by atoms with Crippen LogP contribution >= 0.6 is 0 Å². The predicted octanol–water partition coefficient (Wildman–Crippen LogP) is 6.00. The average molecular weight is 556 g/mol. The second-order valence-electron chi connectivity index (χ2n) is 9.98. The number of anilines is 1. The van der Waals surface area contributed by atoms with Crippen LogP contribution in [0.3, 0.4) is 0 Å². The van der Waals surface area contributed by atoms with Crippen LogP contribution in [-0.4, -0.2) is 26.1 Å². The largest absolute Gasteiger partial charge is 0.473 e. The van der Waals surface area contributed by atoms with Crippen LogP contribution in [-0.2, 0) is 19.3 Å². The van der Waals surface area contributed by atoms with Crippen LogP contribution in [0, 0.1) is 11.6 Å². The molecule has 206 valence electrons. The third kappa shape index (κ3) is 4.42. The van der Waals surface area contributed by atoms with Crippen LogP contribution < -0.4 is 20.1 Å². The average Bonchev–Trinajstić information content (AvgIpc) is 3.36. The van der Waals surface area contributed by atoms with Crippen molar-refractivity contribution >= 4 is 16.7 Å². The van der Waals surface area contributed by atoms with E-state index in [-0.39, 0.29) is 40.9 Å². The summed E-state index contributed by atoms with van der Waals surface area (Å²) in [4.78, 5) is 22.2. The molecule has 2 unspecified atom stereocenters. The fourth-order valence-corrected chi connectivity index (χ4v) is 5.18. The van der Waals surface area contributed by atoms with Gasteiger partial charge in [0.2, 0.25) is 5.88 Å². The SMILES string of the molecule is CC1C=CC2(C)Cn3c(cc(OCc4cc(F)c(Oc5ccc6ccc(C(F)(F)F)nc6c5)c(F)c4)nc3=O)N12. The van der Waals surface area contributed by atoms with Gasteiger partial charge >= 0.3 is 11.9 Å². The number of fused-ring (bicyclic) bond motifs is 4. The van der Waals surface area contributed by atoms with E-state index in [2.05, 4.69) is 20.9 Å². The van der Waals surface area contributed by atoms with E-state index < -0.39 is 34.9 Å². The molecule has 2 aliphatic rings. The van der Waals surface area contributed by atoms with E-state index in [1.54, 1.807) is 10.6 Å². The van der Waals surface area contributed by atoms with Crippen molar-refractivity contribution in [1.29, 1.82) is 0 Å². The molecule has 12 heteroatoms. The molecule has 4 aromatic rings. The molecule has 0 radical (unpaired) electrons. The molecule has 0 spiro atoms. The number of nitrogens with zero attached hydrogens (tertiary/aromatic N) is 4. The molecular weight excluding hydrogens is 535 g/mol. The van der Waals surface area contributed by atoms with Crippen LogP contribution in [0.2, 0.25) is 0 Å². The van der Waals surface area contributed by atoms with Crippen LogP contribution in [0.1, 0.15) is 25.1 Å². The van der Waals surface area contributed by atoms with Crippen LogP contribution in [0.5, 0.6) is 17.4 Å². The number of ether oxygens (including phenoxy) is 2. The number of aromatic nitrogens is 3. The smallest absolute Gasteiger partial charge is 0.433 e. The number of hydrogen-bond acceptors (Lipinski definition) is 6. The number of benzene rings is 2. The van der Waals surface area contributed by atoms with Gasteiger partial charge < -0.3 is 14.4 Å². The third-order valence-corrected chi connectivity index (χ3v) is 7.00. The molecule has 0 amide bonds. The van der Waals surface area contributed by atoms with Gasteiger partial charge in [-0.15, -0.1) is 0 Å². The lowest BCUT2D eigenvalue weighted by Gasteiger charge is -2.31. The van der Waals surface area contributed by atoms with Crippen molar-refractivity contribution in [2.45, 2.75) is 44.8 Å². The van der Waals surface area contributed by atoms with Crippen LogP contribution in [0.4, 0.5) is 27.8 Å². The minimum Gasteiger partial charge on any atom is -0.473 e. The fraction of sp³-hybridized carbons (Fsp3) is 0.250. The molecule has 0 N–H and O–H groups in total. The summed E-state index contributed by atoms with van der Waals surface area (Å²) in [6, 6.07) is 9.76. The summed E-state index contributed by atoms with van der Waals surface area (Å²) in [5.74, 6) is -2.28. The minimum atomic E-state index is -4.64. The Bertz CT molecular complexity index is 1730. The molecule has 0 bridgehead atoms. The van der Waals surface area contributed by atoms with Gasteiger partial charge in [0.15, 0.2) is 17.4 Å². The number of rotatable bonds is 5. The molecule has 2 aromatic carbocycles. The highest BCUT2D eigenvalue weighted by Gasteiger charge is 2.44. The molecule has 2 atom stereocenters. The van der Waals surface area contributed by atoms with Crippen molar-refractivity contribution in [3.05, 3.63) is 94.1 Å². The maximum atomic E-state index is 14.9. The second kappa shape index (κ2) is 9.04. The standard InChI is InChI=1S/C28H21F5N4O3/c1-15-7-8-27(2)14-36-24(37(15)27)12-23(35-26(36)38)39-13-16-9-19(29)25(20(30)10-16)40-18-5-3-17-4-6-22(28(31,32)33)34-21(17)11-18/h3-12,15H,13-14H2,1-2H3. The molecular formula is C28H21F5N4O3. The molecule has 6 rings (SSSR count). The number of pyridine rings is 1. The number of hydrogen-bond donors (Lipinski definition) is 0. The van der Waals surface area contributed by atoms with Crippen molar-refractivity contribution in [3.63, 3.8) is 0 Å². The van der Waals surface area contributed by atoms with Gasteiger partial charge in [-0.25, -0.2) is 18.6 Å². The zero-order chi connectivity index (χ0) is 28.4. The minimum absolute atomic E-state index is 0.0163. The van der Waals surface area contributed by atoms with E-state index in [1.807, 2.05) is 19.9 Å². The summed E-state index contributed by atoms with van der Waals surface area (Å²) in [6.45, 7) is 4.19. The van der Waals surface area contributed by atoms with E-state index in [0.717, 1.165) is 18.2 Å². The van der Waals surface area contributed by atoms with Crippen molar-refractivity contribution < 1.29 is 31.4 Å². The summed E-state index contributed by atoms with van der Waals surface area (Å²) in [7, 11) is 0. The molecule has 2 aliphatic heterocycles. The van der Waals surface area contributed by atoms with Gasteiger partial charge in [-0.2, -0.15) is 18.2 Å². The first kappa shape index (κ1) is 25.8. The normalized spacial score (nSPS) is 19.7. The predicted molar refractivity (Wildman–Crippen MR) is 135 cm³/mol. The zero-order valence-corrected chi connectivity index (χ0v) is 21.2. The highest BCUT2D eigenvalue weighted by atomic mass is 19.4. The summed E-state index contributed by atoms with van der Waals surface area (Å²) in [6.07, 6.45) is -0.540. The Morgan fingerprint density at radius 2 is 1.77 bits per heavy atom. The van der Waals surface area contributed by atoms with Crippen molar-refractivity contribution in [2.75, 3.05) is 4.90 Å². The third-order valence-electron chi connectivity index (χ3n) is 7.00. The van der Waals surface area contributed by atoms with Crippen LogP contribution in [0.15, 0.2) is 65.5 Å². The number of alkyl halides is 3. The van der Waals surface area contributed by atoms with Crippen molar-refractivity contribution in [3.8, 4) is 17.4 Å². The summed E-state index contributed by atoms with van der Waals surface area (Å²) < 4.78 is 81.3. The van der Waals surface area contributed by atoms with E-state index in [1.165, 1.54) is 24.3 Å². The lowest BCUT2D eigenvalue weighted by molar-refractivity contribution is -0.140. The van der Waals surface area contributed by atoms with E-state index in [4.69, 9.17) is 9.47 Å². The second-order valence-corrected chi connectivity index (χ2v) is 9.98. The van der Waals surface area contributed by atoms with Gasteiger partial charge in [0.25, 0.3) is 0 Å². The van der Waals surface area contributed by atoms with E-state index in [0.29, 0.717) is 17.7 Å². The molecule has 0 saturated carbocycles. The quantitative estimate of drug-likeness (QED) is 0.222. The Morgan fingerprint density at radius 1 is 1.05 bits per heavy atom. The van der Waals surface area contributed by atoms with Gasteiger partial charge in [-0.1, -0.05) is 18.2 Å². The fourth-order valence-electron chi connectivity index (χ4n) is 5.18. The molecule has 4 heterocycles. The zero-order valence-electron chi connectivity index (χ0n) is 21.2. The van der Waals surface area contributed by atoms with Crippen LogP contribution in [0.25, 0.3) is 10.9 Å². The maximum absolute atomic E-state index is 14.9. The molecule has 0 saturated heterocycles. The first-order chi connectivity index (χ1) is 18.9. The van der Waals surface area contributed by atoms with Crippen molar-refractivity contribution in [1.82, 2.24) is 14.5 Å². The molecule has 0 aliphatic carbocycles. The Kier molecular flexibility index (Phi) is 5.82. The van der Waals surface area contributed by atoms with E-state index >= 15 is 0 Å². The molecule has 2 aromatic heterocycles. The summed E-state index contributed by atoms with van der Waals surface area (Å²) in [5.41, 5.74) is -1.87. The van der Waals surface area contributed by atoms with Gasteiger partial charge in [0.05, 0.1) is 17.6 Å². The van der Waals surface area contributed by atoms with Gasteiger partial charge in [0, 0.05) is 23.6 Å². The highest BCUT2D eigenvalue weighted by molar-refractivity contribution is 5.80. The highest BCUT2D eigenvalue weighted by Crippen LogP contribution is 2.40. The lowest BCUT2D eigenvalue weighted by Crippen LogP contribution is -2.42. The monoisotopic (exact) mass is 556 g/mol. The van der Waals surface area contributed by atoms with E-state index in [9.17, 15) is 26.7 Å². The Balaban J connectivity index is 1.20. The Hall–Kier alpha value is -4.48. The summed E-state index contributed by atoms with van der Waals surface area (Å²) >= 11 is 0. The van der Waals surface area contributed by atoms with Crippen molar-refractivity contribution in [2.24, 2.45) is 0 Å². The topological polar surface area (TPSA) is 69.5 Å².